The summed E-state index contributed by atoms with van der Waals surface area (Å²) >= 11 is 2.62. The molecule has 0 fully saturated rings. The van der Waals surface area contributed by atoms with Crippen molar-refractivity contribution in [2.75, 3.05) is 24.3 Å². The molecule has 2 aromatic rings. The number of esters is 2. The Balaban J connectivity index is 1.87. The maximum absolute atomic E-state index is 12.1. The lowest BCUT2D eigenvalue weighted by Crippen LogP contribution is -2.22. The van der Waals surface area contributed by atoms with Crippen LogP contribution in [0, 0.1) is 13.8 Å². The summed E-state index contributed by atoms with van der Waals surface area (Å²) in [5, 5.41) is 3.04. The van der Waals surface area contributed by atoms with Gasteiger partial charge < -0.3 is 14.8 Å². The number of ether oxygens (including phenoxy) is 2. The molecular weight excluding hydrogens is 386 g/mol. The van der Waals surface area contributed by atoms with E-state index in [1.165, 1.54) is 23.1 Å². The summed E-state index contributed by atoms with van der Waals surface area (Å²) in [6, 6.07) is 9.44. The van der Waals surface area contributed by atoms with Gasteiger partial charge in [-0.25, -0.2) is 4.79 Å². The van der Waals surface area contributed by atoms with Crippen LogP contribution in [0.1, 0.15) is 27.7 Å². The van der Waals surface area contributed by atoms with Gasteiger partial charge in [-0.3, -0.25) is 9.59 Å². The summed E-state index contributed by atoms with van der Waals surface area (Å²) in [5.41, 5.74) is 1.11. The van der Waals surface area contributed by atoms with Crippen LogP contribution >= 0.6 is 23.1 Å². The zero-order valence-corrected chi connectivity index (χ0v) is 17.0. The highest BCUT2D eigenvalue weighted by Gasteiger charge is 2.22. The van der Waals surface area contributed by atoms with Crippen LogP contribution in [0.2, 0.25) is 0 Å². The van der Waals surface area contributed by atoms with E-state index in [2.05, 4.69) is 5.32 Å². The molecule has 1 heterocycles. The third kappa shape index (κ3) is 6.11. The summed E-state index contributed by atoms with van der Waals surface area (Å²) in [6.45, 7) is 5.22. The molecule has 0 bridgehead atoms. The fourth-order valence-corrected chi connectivity index (χ4v) is 3.96. The van der Waals surface area contributed by atoms with Crippen molar-refractivity contribution in [3.8, 4) is 0 Å². The quantitative estimate of drug-likeness (QED) is 0.529. The first-order chi connectivity index (χ1) is 12.9. The first-order valence-corrected chi connectivity index (χ1v) is 10.1. The Hall–Kier alpha value is -2.32. The third-order valence-electron chi connectivity index (χ3n) is 3.58. The van der Waals surface area contributed by atoms with Crippen LogP contribution in [0.25, 0.3) is 0 Å². The first kappa shape index (κ1) is 21.0. The molecule has 8 heteroatoms. The van der Waals surface area contributed by atoms with Crippen LogP contribution in [0.15, 0.2) is 35.2 Å². The van der Waals surface area contributed by atoms with Crippen molar-refractivity contribution in [3.63, 3.8) is 0 Å². The smallest absolute Gasteiger partial charge is 0.341 e. The highest BCUT2D eigenvalue weighted by Crippen LogP contribution is 2.33. The number of nitrogens with one attached hydrogen (secondary N) is 1. The number of carbonyl (C=O) groups excluding carboxylic acids is 3. The van der Waals surface area contributed by atoms with E-state index in [1.54, 1.807) is 13.8 Å². The number of hydrogen-bond donors (Lipinski definition) is 1. The summed E-state index contributed by atoms with van der Waals surface area (Å²) in [7, 11) is 0. The van der Waals surface area contributed by atoms with Gasteiger partial charge in [0.15, 0.2) is 6.61 Å². The Bertz CT molecular complexity index is 817. The van der Waals surface area contributed by atoms with E-state index in [0.717, 1.165) is 15.3 Å². The number of amides is 1. The molecule has 1 aromatic heterocycles. The Labute approximate surface area is 166 Å². The molecule has 0 saturated heterocycles. The van der Waals surface area contributed by atoms with E-state index in [0.29, 0.717) is 10.6 Å². The van der Waals surface area contributed by atoms with E-state index >= 15 is 0 Å². The molecule has 0 aliphatic rings. The number of aryl methyl sites for hydroxylation is 1. The van der Waals surface area contributed by atoms with Crippen LogP contribution in [-0.2, 0) is 19.1 Å². The van der Waals surface area contributed by atoms with Crippen molar-refractivity contribution in [2.45, 2.75) is 25.7 Å². The van der Waals surface area contributed by atoms with Crippen LogP contribution in [0.3, 0.4) is 0 Å². The zero-order valence-electron chi connectivity index (χ0n) is 15.4. The highest BCUT2D eigenvalue weighted by molar-refractivity contribution is 8.00. The number of hydrogen-bond acceptors (Lipinski definition) is 7. The summed E-state index contributed by atoms with van der Waals surface area (Å²) in [4.78, 5) is 37.9. The van der Waals surface area contributed by atoms with Crippen molar-refractivity contribution in [2.24, 2.45) is 0 Å². The molecule has 0 atom stereocenters. The topological polar surface area (TPSA) is 81.7 Å². The number of rotatable bonds is 8. The predicted octanol–water partition coefficient (Wildman–Crippen LogP) is 3.82. The number of benzene rings is 1. The Morgan fingerprint density at radius 2 is 1.81 bits per heavy atom. The van der Waals surface area contributed by atoms with Gasteiger partial charge in [0.05, 0.1) is 17.9 Å². The Kier molecular flexibility index (Phi) is 7.87. The molecule has 144 valence electrons. The molecule has 0 unspecified atom stereocenters. The minimum atomic E-state index is -0.500. The summed E-state index contributed by atoms with van der Waals surface area (Å²) in [6.07, 6.45) is 0. The third-order valence-corrected chi connectivity index (χ3v) is 5.69. The Morgan fingerprint density at radius 1 is 1.11 bits per heavy atom. The van der Waals surface area contributed by atoms with E-state index in [-0.39, 0.29) is 12.4 Å². The second kappa shape index (κ2) is 10.1. The van der Waals surface area contributed by atoms with Crippen LogP contribution < -0.4 is 5.32 Å². The average Bonchev–Trinajstić information content (AvgIpc) is 2.93. The molecule has 27 heavy (non-hydrogen) atoms. The average molecular weight is 408 g/mol. The van der Waals surface area contributed by atoms with Gasteiger partial charge in [0.1, 0.15) is 5.00 Å². The van der Waals surface area contributed by atoms with Gasteiger partial charge in [-0.05, 0) is 38.5 Å². The molecule has 0 spiro atoms. The van der Waals surface area contributed by atoms with E-state index in [1.807, 2.05) is 37.3 Å². The predicted molar refractivity (Wildman–Crippen MR) is 107 cm³/mol. The van der Waals surface area contributed by atoms with Crippen molar-refractivity contribution < 1.29 is 23.9 Å². The lowest BCUT2D eigenvalue weighted by Gasteiger charge is -2.08. The van der Waals surface area contributed by atoms with Gasteiger partial charge in [-0.2, -0.15) is 0 Å². The van der Waals surface area contributed by atoms with Crippen molar-refractivity contribution >= 4 is 45.9 Å². The number of thioether (sulfide) groups is 1. The first-order valence-electron chi connectivity index (χ1n) is 8.32. The highest BCUT2D eigenvalue weighted by atomic mass is 32.2. The molecule has 0 radical (unpaired) electrons. The van der Waals surface area contributed by atoms with E-state index < -0.39 is 24.5 Å². The van der Waals surface area contributed by atoms with Crippen LogP contribution in [0.4, 0.5) is 5.00 Å². The molecule has 0 aliphatic carbocycles. The van der Waals surface area contributed by atoms with Crippen LogP contribution in [0.5, 0.6) is 0 Å². The van der Waals surface area contributed by atoms with Gasteiger partial charge in [-0.15, -0.1) is 23.1 Å². The molecular formula is C19H21NO5S2. The molecule has 0 saturated carbocycles. The number of anilines is 1. The van der Waals surface area contributed by atoms with Gasteiger partial charge in [0.25, 0.3) is 5.91 Å². The second-order valence-corrected chi connectivity index (χ2v) is 7.79. The molecule has 1 N–H and O–H groups in total. The number of thiophene rings is 1. The fraction of sp³-hybridized carbons (Fsp3) is 0.316. The maximum atomic E-state index is 12.1. The van der Waals surface area contributed by atoms with Crippen LogP contribution in [-0.4, -0.2) is 36.8 Å². The Morgan fingerprint density at radius 3 is 2.48 bits per heavy atom. The second-order valence-electron chi connectivity index (χ2n) is 5.52. The zero-order chi connectivity index (χ0) is 19.8. The minimum Gasteiger partial charge on any atom is -0.462 e. The van der Waals surface area contributed by atoms with Gasteiger partial charge in [0.2, 0.25) is 0 Å². The lowest BCUT2D eigenvalue weighted by molar-refractivity contribution is -0.144. The number of carbonyl (C=O) groups is 3. The molecule has 6 nitrogen and oxygen atoms in total. The van der Waals surface area contributed by atoms with Gasteiger partial charge >= 0.3 is 11.9 Å². The van der Waals surface area contributed by atoms with E-state index in [9.17, 15) is 14.4 Å². The van der Waals surface area contributed by atoms with Gasteiger partial charge in [0, 0.05) is 9.77 Å². The normalized spacial score (nSPS) is 10.3. The summed E-state index contributed by atoms with van der Waals surface area (Å²) < 4.78 is 10.0. The molecule has 1 aromatic carbocycles. The largest absolute Gasteiger partial charge is 0.462 e. The molecule has 2 rings (SSSR count). The maximum Gasteiger partial charge on any atom is 0.341 e. The summed E-state index contributed by atoms with van der Waals surface area (Å²) in [5.74, 6) is -1.35. The van der Waals surface area contributed by atoms with Crippen molar-refractivity contribution in [1.29, 1.82) is 0 Å². The molecule has 0 aliphatic heterocycles. The standard InChI is InChI=1S/C19H21NO5S2/c1-4-24-19(23)17-12(2)13(3)27-18(17)20-15(21)10-25-16(22)11-26-14-8-6-5-7-9-14/h5-9H,4,10-11H2,1-3H3,(H,20,21). The van der Waals surface area contributed by atoms with E-state index in [4.69, 9.17) is 9.47 Å². The fourth-order valence-electron chi connectivity index (χ4n) is 2.17. The monoisotopic (exact) mass is 407 g/mol. The van der Waals surface area contributed by atoms with Crippen molar-refractivity contribution in [1.82, 2.24) is 0 Å². The minimum absolute atomic E-state index is 0.114. The SMILES string of the molecule is CCOC(=O)c1c(NC(=O)COC(=O)CSc2ccccc2)sc(C)c1C. The van der Waals surface area contributed by atoms with Gasteiger partial charge in [-0.1, -0.05) is 18.2 Å². The lowest BCUT2D eigenvalue weighted by atomic mass is 10.1. The van der Waals surface area contributed by atoms with Crippen molar-refractivity contribution in [3.05, 3.63) is 46.3 Å². The molecule has 1 amide bonds.